The predicted molar refractivity (Wildman–Crippen MR) is 118 cm³/mol. The normalized spacial score (nSPS) is 11.2. The molecule has 0 aliphatic carbocycles. The molecule has 0 amide bonds. The van der Waals surface area contributed by atoms with E-state index < -0.39 is 10.1 Å². The standard InChI is InChI=1S/C24H34O5S.K/c1-2-3-4-5-6-7-8-9-10-11-14-20-17-18-24(30(26,27)28)23(19-20)29-22-16-13-12-15-21(22)25;/h12-13,15-19,25H,2-11,14H2,1H3,(H,26,27,28);/q;+1/p-1. The molecule has 0 saturated carbocycles. The maximum atomic E-state index is 11.9. The van der Waals surface area contributed by atoms with Gasteiger partial charge in [0.15, 0.2) is 0 Å². The third-order valence-electron chi connectivity index (χ3n) is 5.17. The molecular formula is C24H33KO5S. The van der Waals surface area contributed by atoms with Gasteiger partial charge in [-0.25, -0.2) is 0 Å². The second kappa shape index (κ2) is 15.4. The Morgan fingerprint density at radius 1 is 0.839 bits per heavy atom. The molecular weight excluding hydrogens is 439 g/mol. The Kier molecular flexibility index (Phi) is 14.2. The summed E-state index contributed by atoms with van der Waals surface area (Å²) in [5.74, 6) is -0.345. The molecule has 7 heteroatoms. The molecule has 1 N–H and O–H groups in total. The summed E-state index contributed by atoms with van der Waals surface area (Å²) in [6.45, 7) is 2.23. The number of rotatable bonds is 14. The van der Waals surface area contributed by atoms with Gasteiger partial charge in [0, 0.05) is 0 Å². The molecule has 2 aromatic carbocycles. The smallest absolute Gasteiger partial charge is 0.870 e. The number of aryl methyl sites for hydroxylation is 1. The van der Waals surface area contributed by atoms with Crippen molar-refractivity contribution in [2.75, 3.05) is 0 Å². The summed E-state index contributed by atoms with van der Waals surface area (Å²) in [4.78, 5) is -0.336. The van der Waals surface area contributed by atoms with Crippen LogP contribution in [0, 0.1) is 0 Å². The molecule has 31 heavy (non-hydrogen) atoms. The molecule has 0 saturated heterocycles. The zero-order valence-corrected chi connectivity index (χ0v) is 22.7. The summed E-state index contributed by atoms with van der Waals surface area (Å²) in [6, 6.07) is 10.7. The molecule has 0 unspecified atom stereocenters. The van der Waals surface area contributed by atoms with Crippen molar-refractivity contribution in [1.29, 1.82) is 0 Å². The monoisotopic (exact) mass is 472 g/mol. The van der Waals surface area contributed by atoms with Crippen molar-refractivity contribution in [3.63, 3.8) is 0 Å². The number of para-hydroxylation sites is 2. The Labute approximate surface area is 229 Å². The maximum Gasteiger partial charge on any atom is 1.00 e. The van der Waals surface area contributed by atoms with Crippen molar-refractivity contribution in [1.82, 2.24) is 0 Å². The Morgan fingerprint density at radius 3 is 2.00 bits per heavy atom. The van der Waals surface area contributed by atoms with Crippen molar-refractivity contribution < 1.29 is 74.2 Å². The molecule has 0 heterocycles. The minimum absolute atomic E-state index is 0. The number of hydrogen-bond donors (Lipinski definition) is 1. The second-order valence-corrected chi connectivity index (χ2v) is 9.13. The van der Waals surface area contributed by atoms with Crippen LogP contribution >= 0.6 is 0 Å². The van der Waals surface area contributed by atoms with E-state index >= 15 is 0 Å². The molecule has 5 nitrogen and oxygen atoms in total. The average Bonchev–Trinajstić information content (AvgIpc) is 2.70. The third kappa shape index (κ3) is 10.8. The zero-order chi connectivity index (χ0) is 21.8. The number of ether oxygens (including phenoxy) is 1. The summed E-state index contributed by atoms with van der Waals surface area (Å²) in [5, 5.41) is 11.9. The molecule has 0 aromatic heterocycles. The van der Waals surface area contributed by atoms with Crippen molar-refractivity contribution in [2.24, 2.45) is 0 Å². The van der Waals surface area contributed by atoms with Crippen LogP contribution in [0.15, 0.2) is 47.4 Å². The first kappa shape index (κ1) is 28.6. The molecule has 2 aromatic rings. The Morgan fingerprint density at radius 2 is 1.42 bits per heavy atom. The van der Waals surface area contributed by atoms with E-state index in [1.54, 1.807) is 24.3 Å². The SMILES string of the molecule is CCCCCCCCCCCCc1ccc(S(=O)(=O)O)c(Oc2ccccc2[O-])c1.[K+]. The molecule has 0 bridgehead atoms. The molecule has 0 aliphatic rings. The van der Waals surface area contributed by atoms with Crippen LogP contribution in [-0.4, -0.2) is 13.0 Å². The quantitative estimate of drug-likeness (QED) is 0.259. The molecule has 166 valence electrons. The first-order valence-corrected chi connectivity index (χ1v) is 12.4. The van der Waals surface area contributed by atoms with Crippen LogP contribution in [0.25, 0.3) is 0 Å². The van der Waals surface area contributed by atoms with E-state index in [1.165, 1.54) is 69.6 Å². The molecule has 0 atom stereocenters. The van der Waals surface area contributed by atoms with Gasteiger partial charge in [-0.3, -0.25) is 4.55 Å². The zero-order valence-electron chi connectivity index (χ0n) is 18.8. The summed E-state index contributed by atoms with van der Waals surface area (Å²) in [7, 11) is -4.45. The maximum absolute atomic E-state index is 11.9. The molecule has 0 fully saturated rings. The predicted octanol–water partition coefficient (Wildman–Crippen LogP) is 3.27. The Bertz CT molecular complexity index is 883. The topological polar surface area (TPSA) is 86.7 Å². The van der Waals surface area contributed by atoms with Crippen molar-refractivity contribution in [2.45, 2.75) is 82.4 Å². The van der Waals surface area contributed by atoms with Gasteiger partial charge in [-0.15, -0.1) is 0 Å². The van der Waals surface area contributed by atoms with Crippen molar-refractivity contribution in [3.8, 4) is 17.2 Å². The Hall–Kier alpha value is -0.414. The summed E-state index contributed by atoms with van der Waals surface area (Å²) in [6.07, 6.45) is 13.3. The van der Waals surface area contributed by atoms with Crippen LogP contribution in [0.2, 0.25) is 0 Å². The Balaban J connectivity index is 0.00000480. The first-order valence-electron chi connectivity index (χ1n) is 11.0. The number of hydrogen-bond acceptors (Lipinski definition) is 4. The van der Waals surface area contributed by atoms with Gasteiger partial charge in [-0.1, -0.05) is 94.7 Å². The van der Waals surface area contributed by atoms with Crippen LogP contribution < -0.4 is 61.2 Å². The number of unbranched alkanes of at least 4 members (excludes halogenated alkanes) is 9. The van der Waals surface area contributed by atoms with E-state index in [9.17, 15) is 18.1 Å². The summed E-state index contributed by atoms with van der Waals surface area (Å²) >= 11 is 0. The van der Waals surface area contributed by atoms with E-state index in [-0.39, 0.29) is 73.5 Å². The van der Waals surface area contributed by atoms with Gasteiger partial charge < -0.3 is 9.84 Å². The van der Waals surface area contributed by atoms with Gasteiger partial charge >= 0.3 is 51.4 Å². The van der Waals surface area contributed by atoms with E-state index in [2.05, 4.69) is 6.92 Å². The average molecular weight is 473 g/mol. The van der Waals surface area contributed by atoms with Gasteiger partial charge in [0.05, 0.1) is 0 Å². The first-order chi connectivity index (χ1) is 14.4. The van der Waals surface area contributed by atoms with E-state index in [0.29, 0.717) is 0 Å². The molecule has 2 rings (SSSR count). The minimum Gasteiger partial charge on any atom is -0.870 e. The van der Waals surface area contributed by atoms with Crippen molar-refractivity contribution >= 4 is 10.1 Å². The van der Waals surface area contributed by atoms with Crippen LogP contribution in [0.1, 0.15) is 76.7 Å². The molecule has 0 radical (unpaired) electrons. The van der Waals surface area contributed by atoms with Gasteiger partial charge in [-0.05, 0) is 36.6 Å². The van der Waals surface area contributed by atoms with Gasteiger partial charge in [0.1, 0.15) is 16.4 Å². The fourth-order valence-electron chi connectivity index (χ4n) is 3.47. The van der Waals surface area contributed by atoms with E-state index in [1.807, 2.05) is 0 Å². The third-order valence-corrected chi connectivity index (χ3v) is 6.07. The summed E-state index contributed by atoms with van der Waals surface area (Å²) in [5.41, 5.74) is 0.917. The fourth-order valence-corrected chi connectivity index (χ4v) is 4.07. The van der Waals surface area contributed by atoms with Crippen LogP contribution in [0.3, 0.4) is 0 Å². The van der Waals surface area contributed by atoms with E-state index in [0.717, 1.165) is 24.8 Å². The second-order valence-electron chi connectivity index (χ2n) is 7.74. The van der Waals surface area contributed by atoms with Gasteiger partial charge in [0.2, 0.25) is 0 Å². The van der Waals surface area contributed by atoms with Gasteiger partial charge in [0.25, 0.3) is 10.1 Å². The van der Waals surface area contributed by atoms with Crippen LogP contribution in [0.5, 0.6) is 17.2 Å². The van der Waals surface area contributed by atoms with Gasteiger partial charge in [-0.2, -0.15) is 8.42 Å². The van der Waals surface area contributed by atoms with Crippen LogP contribution in [0.4, 0.5) is 0 Å². The molecule has 0 spiro atoms. The fraction of sp³-hybridized carbons (Fsp3) is 0.500. The minimum atomic E-state index is -4.45. The molecule has 0 aliphatic heterocycles. The van der Waals surface area contributed by atoms with Crippen LogP contribution in [-0.2, 0) is 16.5 Å². The number of benzene rings is 2. The van der Waals surface area contributed by atoms with E-state index in [4.69, 9.17) is 4.74 Å². The summed E-state index contributed by atoms with van der Waals surface area (Å²) < 4.78 is 38.4. The van der Waals surface area contributed by atoms with Crippen molar-refractivity contribution in [3.05, 3.63) is 48.0 Å². The largest absolute Gasteiger partial charge is 1.00 e.